The maximum Gasteiger partial charge on any atom is 0.196 e. The average Bonchev–Trinajstić information content (AvgIpc) is 2.62. The van der Waals surface area contributed by atoms with Gasteiger partial charge in [-0.2, -0.15) is 0 Å². The Labute approximate surface area is 138 Å². The summed E-state index contributed by atoms with van der Waals surface area (Å²) >= 11 is 0. The first-order valence-corrected chi connectivity index (χ1v) is 7.58. The van der Waals surface area contributed by atoms with E-state index in [0.29, 0.717) is 22.4 Å². The van der Waals surface area contributed by atoms with E-state index in [1.54, 1.807) is 30.3 Å². The summed E-state index contributed by atoms with van der Waals surface area (Å²) in [6.07, 6.45) is 0. The van der Waals surface area contributed by atoms with Crippen molar-refractivity contribution in [1.29, 1.82) is 5.41 Å². The molecule has 0 radical (unpaired) electrons. The second kappa shape index (κ2) is 5.35. The van der Waals surface area contributed by atoms with Gasteiger partial charge in [0, 0.05) is 16.8 Å². The number of carbonyl (C=O) groups excluding carboxylic acids is 1. The first-order valence-electron chi connectivity index (χ1n) is 7.58. The van der Waals surface area contributed by atoms with Crippen LogP contribution < -0.4 is 5.32 Å². The van der Waals surface area contributed by atoms with Crippen LogP contribution in [-0.2, 0) is 0 Å². The molecule has 116 valence electrons. The van der Waals surface area contributed by atoms with E-state index >= 15 is 0 Å². The summed E-state index contributed by atoms with van der Waals surface area (Å²) in [7, 11) is 0. The third kappa shape index (κ3) is 2.08. The van der Waals surface area contributed by atoms with Gasteiger partial charge in [0.25, 0.3) is 0 Å². The summed E-state index contributed by atoms with van der Waals surface area (Å²) in [5, 5.41) is 21.9. The lowest BCUT2D eigenvalue weighted by Crippen LogP contribution is -2.22. The lowest BCUT2D eigenvalue weighted by molar-refractivity contribution is 0.103. The van der Waals surface area contributed by atoms with Crippen molar-refractivity contribution in [3.63, 3.8) is 0 Å². The number of ketones is 1. The maximum atomic E-state index is 13.0. The minimum absolute atomic E-state index is 0.0588. The van der Waals surface area contributed by atoms with Gasteiger partial charge in [-0.15, -0.1) is 0 Å². The Morgan fingerprint density at radius 3 is 2.21 bits per heavy atom. The number of para-hydroxylation sites is 1. The van der Waals surface area contributed by atoms with Crippen molar-refractivity contribution < 1.29 is 9.90 Å². The average molecular weight is 314 g/mol. The van der Waals surface area contributed by atoms with E-state index < -0.39 is 0 Å². The number of hydrogen-bond donors (Lipinski definition) is 3. The van der Waals surface area contributed by atoms with Crippen LogP contribution in [0.25, 0.3) is 0 Å². The summed E-state index contributed by atoms with van der Waals surface area (Å²) in [5.74, 6) is -0.248. The van der Waals surface area contributed by atoms with Gasteiger partial charge < -0.3 is 10.4 Å². The highest BCUT2D eigenvalue weighted by molar-refractivity contribution is 6.31. The van der Waals surface area contributed by atoms with E-state index in [1.165, 1.54) is 6.07 Å². The van der Waals surface area contributed by atoms with Crippen LogP contribution in [0, 0.1) is 5.41 Å². The van der Waals surface area contributed by atoms with Crippen molar-refractivity contribution in [2.45, 2.75) is 0 Å². The molecule has 3 N–H and O–H groups in total. The molecule has 4 nitrogen and oxygen atoms in total. The van der Waals surface area contributed by atoms with Gasteiger partial charge in [-0.25, -0.2) is 0 Å². The van der Waals surface area contributed by atoms with E-state index in [-0.39, 0.29) is 22.8 Å². The van der Waals surface area contributed by atoms with E-state index in [0.717, 1.165) is 5.69 Å². The van der Waals surface area contributed by atoms with Gasteiger partial charge in [0.05, 0.1) is 22.5 Å². The molecule has 0 amide bonds. The molecule has 0 aromatic heterocycles. The maximum absolute atomic E-state index is 13.0. The Bertz CT molecular complexity index is 978. The number of rotatable bonds is 2. The Balaban J connectivity index is 1.92. The SMILES string of the molecule is N=C1c2ccccc2C(=O)c2c(Nc3ccccc3)ccc(O)c21. The molecule has 3 aromatic carbocycles. The number of hydrogen-bond acceptors (Lipinski definition) is 4. The summed E-state index contributed by atoms with van der Waals surface area (Å²) in [4.78, 5) is 13.0. The highest BCUT2D eigenvalue weighted by Crippen LogP contribution is 2.37. The van der Waals surface area contributed by atoms with Gasteiger partial charge in [0.15, 0.2) is 5.78 Å². The molecule has 0 saturated carbocycles. The molecule has 0 aliphatic heterocycles. The molecule has 0 atom stereocenters. The van der Waals surface area contributed by atoms with E-state index in [4.69, 9.17) is 5.41 Å². The number of phenols is 1. The topological polar surface area (TPSA) is 73.2 Å². The third-order valence-corrected chi connectivity index (χ3v) is 4.15. The Morgan fingerprint density at radius 2 is 1.46 bits per heavy atom. The fraction of sp³-hybridized carbons (Fsp3) is 0. The molecule has 1 aliphatic rings. The number of anilines is 2. The molecule has 0 bridgehead atoms. The second-order valence-corrected chi connectivity index (χ2v) is 5.62. The zero-order chi connectivity index (χ0) is 16.7. The van der Waals surface area contributed by atoms with Gasteiger partial charge in [-0.3, -0.25) is 10.2 Å². The van der Waals surface area contributed by atoms with E-state index in [2.05, 4.69) is 5.32 Å². The highest BCUT2D eigenvalue weighted by atomic mass is 16.3. The second-order valence-electron chi connectivity index (χ2n) is 5.62. The predicted molar refractivity (Wildman–Crippen MR) is 93.6 cm³/mol. The highest BCUT2D eigenvalue weighted by Gasteiger charge is 2.31. The zero-order valence-corrected chi connectivity index (χ0v) is 12.7. The minimum atomic E-state index is -0.189. The molecule has 24 heavy (non-hydrogen) atoms. The lowest BCUT2D eigenvalue weighted by Gasteiger charge is -2.23. The van der Waals surface area contributed by atoms with Crippen LogP contribution in [0.5, 0.6) is 5.75 Å². The van der Waals surface area contributed by atoms with Gasteiger partial charge >= 0.3 is 0 Å². The Kier molecular flexibility index (Phi) is 3.17. The fourth-order valence-electron chi connectivity index (χ4n) is 3.03. The molecule has 3 aromatic rings. The van der Waals surface area contributed by atoms with Crippen molar-refractivity contribution >= 4 is 22.9 Å². The lowest BCUT2D eigenvalue weighted by atomic mass is 9.82. The molecule has 0 unspecified atom stereocenters. The summed E-state index contributed by atoms with van der Waals surface area (Å²) in [6, 6.07) is 19.7. The molecular weight excluding hydrogens is 300 g/mol. The van der Waals surface area contributed by atoms with Crippen LogP contribution in [-0.4, -0.2) is 16.6 Å². The smallest absolute Gasteiger partial charge is 0.196 e. The van der Waals surface area contributed by atoms with Crippen molar-refractivity contribution in [2.24, 2.45) is 0 Å². The standard InChI is InChI=1S/C20H14N2O2/c21-19-13-8-4-5-9-14(13)20(24)17-15(10-11-16(23)18(17)19)22-12-6-2-1-3-7-12/h1-11,21-23H. The van der Waals surface area contributed by atoms with Crippen molar-refractivity contribution in [3.05, 3.63) is 89.0 Å². The molecule has 1 aliphatic carbocycles. The molecular formula is C20H14N2O2. The van der Waals surface area contributed by atoms with Crippen LogP contribution >= 0.6 is 0 Å². The summed E-state index contributed by atoms with van der Waals surface area (Å²) < 4.78 is 0. The Morgan fingerprint density at radius 1 is 0.792 bits per heavy atom. The minimum Gasteiger partial charge on any atom is -0.507 e. The molecule has 4 rings (SSSR count). The van der Waals surface area contributed by atoms with Crippen LogP contribution in [0.15, 0.2) is 66.7 Å². The number of fused-ring (bicyclic) bond motifs is 2. The number of aromatic hydroxyl groups is 1. The van der Waals surface area contributed by atoms with E-state index in [9.17, 15) is 9.90 Å². The molecule has 0 spiro atoms. The molecule has 0 saturated heterocycles. The van der Waals surface area contributed by atoms with Crippen LogP contribution in [0.3, 0.4) is 0 Å². The first-order chi connectivity index (χ1) is 11.7. The van der Waals surface area contributed by atoms with E-state index in [1.807, 2.05) is 30.3 Å². The van der Waals surface area contributed by atoms with Gasteiger partial charge in [0.1, 0.15) is 5.75 Å². The van der Waals surface area contributed by atoms with Crippen LogP contribution in [0.2, 0.25) is 0 Å². The quantitative estimate of drug-likeness (QED) is 0.488. The monoisotopic (exact) mass is 314 g/mol. The molecule has 0 fully saturated rings. The predicted octanol–water partition coefficient (Wildman–Crippen LogP) is 4.10. The number of nitrogens with one attached hydrogen (secondary N) is 2. The first kappa shape index (κ1) is 14.2. The third-order valence-electron chi connectivity index (χ3n) is 4.15. The van der Waals surface area contributed by atoms with Crippen molar-refractivity contribution in [1.82, 2.24) is 0 Å². The summed E-state index contributed by atoms with van der Waals surface area (Å²) in [5.41, 5.74) is 3.22. The molecule has 4 heteroatoms. The Hall–Kier alpha value is -3.40. The molecule has 0 heterocycles. The number of benzene rings is 3. The summed E-state index contributed by atoms with van der Waals surface area (Å²) in [6.45, 7) is 0. The van der Waals surface area contributed by atoms with Crippen LogP contribution in [0.1, 0.15) is 27.0 Å². The largest absolute Gasteiger partial charge is 0.507 e. The normalized spacial score (nSPS) is 12.5. The van der Waals surface area contributed by atoms with Crippen LogP contribution in [0.4, 0.5) is 11.4 Å². The van der Waals surface area contributed by atoms with Gasteiger partial charge in [-0.1, -0.05) is 42.5 Å². The zero-order valence-electron chi connectivity index (χ0n) is 12.7. The number of carbonyl (C=O) groups is 1. The van der Waals surface area contributed by atoms with Gasteiger partial charge in [0.2, 0.25) is 0 Å². The number of phenolic OH excluding ortho intramolecular Hbond substituents is 1. The fourth-order valence-corrected chi connectivity index (χ4v) is 3.03. The van der Waals surface area contributed by atoms with Gasteiger partial charge in [-0.05, 0) is 24.3 Å². The van der Waals surface area contributed by atoms with Crippen molar-refractivity contribution in [2.75, 3.05) is 5.32 Å². The van der Waals surface area contributed by atoms with Crippen molar-refractivity contribution in [3.8, 4) is 5.75 Å².